The fourth-order valence-electron chi connectivity index (χ4n) is 4.57. The smallest absolute Gasteiger partial charge is 0.746 e. The van der Waals surface area contributed by atoms with Gasteiger partial charge in [-0.1, -0.05) is 12.1 Å². The summed E-state index contributed by atoms with van der Waals surface area (Å²) in [7, 11) is -17.9. The third-order valence-corrected chi connectivity index (χ3v) is 10.7. The molecule has 0 saturated carbocycles. The minimum atomic E-state index is -5.16. The minimum absolute atomic E-state index is 0. The summed E-state index contributed by atoms with van der Waals surface area (Å²) in [4.78, 5) is 124. The van der Waals surface area contributed by atoms with E-state index in [9.17, 15) is 66.6 Å². The molecule has 0 aliphatic rings. The number of phosphoric acid groups is 4. The van der Waals surface area contributed by atoms with Crippen LogP contribution >= 0.6 is 31.3 Å². The Hall–Kier alpha value is -1.44. The Morgan fingerprint density at radius 3 is 0.844 bits per heavy atom. The van der Waals surface area contributed by atoms with E-state index in [0.717, 1.165) is 24.3 Å². The molecule has 4 aromatic carbocycles. The van der Waals surface area contributed by atoms with E-state index in [1.165, 1.54) is 36.4 Å². The average molecular weight is 1010 g/mol. The minimum Gasteiger partial charge on any atom is -0.746 e. The molecule has 0 saturated heterocycles. The number of carbonyl (C=O) groups excluding carboxylic acids is 6. The van der Waals surface area contributed by atoms with Crippen molar-refractivity contribution in [2.45, 2.75) is 0 Å². The summed E-state index contributed by atoms with van der Waals surface area (Å²) < 4.78 is 80.2. The van der Waals surface area contributed by atoms with Gasteiger partial charge in [0.2, 0.25) is 0 Å². The van der Waals surface area contributed by atoms with E-state index in [4.69, 9.17) is 0 Å². The molecule has 32 heteroatoms. The molecule has 4 unspecified atom stereocenters. The first kappa shape index (κ1) is 62.6. The standard InChI is InChI=1S/C32H30N2O22P4.4Na/c1-49-57(41,42)53-29(37)21-11-22(30(38)54-58(43,44)50-2)14-25(13-21)33-27(35)19-7-5-18-10-20(8-6-17(18)9-19)28(36)34-26-15-23(31(39)55-59(45,46)51-3)12-24(16-26)32(40)56-60(47,48)52-4;;;;/h5-16H,1-4H3,(H,33,35)(H,34,36)(H,41,42)(H,43,44)(H,45,46)(H,47,48);;;;/q;4*+1/p-4. The summed E-state index contributed by atoms with van der Waals surface area (Å²) >= 11 is 0. The van der Waals surface area contributed by atoms with Crippen LogP contribution in [0.2, 0.25) is 0 Å². The topological polar surface area (TPSA) is 361 Å². The van der Waals surface area contributed by atoms with Crippen LogP contribution in [0.25, 0.3) is 10.8 Å². The largest absolute Gasteiger partial charge is 1.00 e. The van der Waals surface area contributed by atoms with Crippen molar-refractivity contribution in [3.05, 3.63) is 106 Å². The number of nitrogens with one attached hydrogen (secondary N) is 2. The van der Waals surface area contributed by atoms with Crippen molar-refractivity contribution in [2.75, 3.05) is 39.1 Å². The number of rotatable bonds is 16. The SMILES string of the molecule is COP(=O)([O-])OC(=O)c1cc(NC(=O)c2ccc3cc(C(=O)Nc4cc(C(=O)OP(=O)([O-])OC)cc(C(=O)OP(=O)([O-])OC)c4)ccc3c2)cc(C(=O)OP(=O)([O-])OC)c1.[Na+].[Na+].[Na+].[Na+]. The molecule has 0 fully saturated rings. The van der Waals surface area contributed by atoms with Crippen molar-refractivity contribution in [1.82, 2.24) is 0 Å². The number of anilines is 2. The zero-order valence-corrected chi connectivity index (χ0v) is 46.3. The van der Waals surface area contributed by atoms with Crippen molar-refractivity contribution < 1.29 is 221 Å². The first-order chi connectivity index (χ1) is 27.9. The molecule has 2 amide bonds. The Kier molecular flexibility index (Phi) is 25.8. The van der Waals surface area contributed by atoms with Crippen LogP contribution in [0.15, 0.2) is 72.8 Å². The number of carbonyl (C=O) groups is 6. The molecule has 4 rings (SSSR count). The molecule has 0 bridgehead atoms. The van der Waals surface area contributed by atoms with Crippen LogP contribution in [0.5, 0.6) is 0 Å². The second kappa shape index (κ2) is 26.4. The van der Waals surface area contributed by atoms with E-state index in [1.54, 1.807) is 0 Å². The summed E-state index contributed by atoms with van der Waals surface area (Å²) in [5.41, 5.74) is -3.49. The van der Waals surface area contributed by atoms with Gasteiger partial charge in [-0.05, 0) is 71.4 Å². The second-order valence-electron chi connectivity index (χ2n) is 11.3. The molecule has 0 aliphatic heterocycles. The molecule has 0 radical (unpaired) electrons. The van der Waals surface area contributed by atoms with Crippen LogP contribution < -0.4 is 148 Å². The Balaban J connectivity index is 0.00000992. The summed E-state index contributed by atoms with van der Waals surface area (Å²) in [6, 6.07) is 13.0. The molecule has 0 aromatic heterocycles. The van der Waals surface area contributed by atoms with Crippen LogP contribution in [0.1, 0.15) is 62.1 Å². The van der Waals surface area contributed by atoms with Gasteiger partial charge < -0.3 is 66.4 Å². The number of amides is 2. The third kappa shape index (κ3) is 18.2. The Bertz CT molecular complexity index is 2350. The maximum atomic E-state index is 13.3. The Morgan fingerprint density at radius 1 is 0.391 bits per heavy atom. The first-order valence-corrected chi connectivity index (χ1v) is 21.6. The van der Waals surface area contributed by atoms with Crippen molar-refractivity contribution in [2.24, 2.45) is 0 Å². The molecule has 0 heterocycles. The zero-order chi connectivity index (χ0) is 44.8. The van der Waals surface area contributed by atoms with Gasteiger partial charge in [-0.3, -0.25) is 27.8 Å². The number of hydrogen-bond acceptors (Lipinski definition) is 22. The van der Waals surface area contributed by atoms with Gasteiger partial charge in [-0.15, -0.1) is 0 Å². The quantitative estimate of drug-likeness (QED) is 0.0777. The zero-order valence-electron chi connectivity index (χ0n) is 34.7. The van der Waals surface area contributed by atoms with Crippen molar-refractivity contribution in [3.8, 4) is 0 Å². The van der Waals surface area contributed by atoms with E-state index in [0.29, 0.717) is 51.3 Å². The Labute approximate surface area is 450 Å². The monoisotopic (exact) mass is 1010 g/mol. The molecule has 24 nitrogen and oxygen atoms in total. The van der Waals surface area contributed by atoms with Crippen LogP contribution in [0.4, 0.5) is 11.4 Å². The first-order valence-electron chi connectivity index (χ1n) is 15.8. The predicted octanol–water partition coefficient (Wildman–Crippen LogP) is -9.55. The third-order valence-electron chi connectivity index (χ3n) is 7.36. The normalized spacial score (nSPS) is 14.2. The van der Waals surface area contributed by atoms with Crippen LogP contribution in [0, 0.1) is 0 Å². The van der Waals surface area contributed by atoms with Crippen LogP contribution in [-0.2, 0) is 54.5 Å². The van der Waals surface area contributed by atoms with Gasteiger partial charge in [-0.25, -0.2) is 19.2 Å². The van der Waals surface area contributed by atoms with Gasteiger partial charge in [-0.2, -0.15) is 0 Å². The molecule has 0 aliphatic carbocycles. The van der Waals surface area contributed by atoms with Gasteiger partial charge in [0.25, 0.3) is 11.8 Å². The van der Waals surface area contributed by atoms with Gasteiger partial charge in [0.15, 0.2) is 0 Å². The summed E-state index contributed by atoms with van der Waals surface area (Å²) in [6.07, 6.45) is 0. The second-order valence-corrected chi connectivity index (χ2v) is 17.1. The maximum Gasteiger partial charge on any atom is 1.00 e. The fourth-order valence-corrected chi connectivity index (χ4v) is 6.10. The number of hydrogen-bond donors (Lipinski definition) is 2. The van der Waals surface area contributed by atoms with E-state index in [2.05, 4.69) is 46.8 Å². The number of phosphoric ester groups is 4. The van der Waals surface area contributed by atoms with Gasteiger partial charge in [0, 0.05) is 50.9 Å². The molecular weight excluding hydrogens is 980 g/mol. The van der Waals surface area contributed by atoms with Gasteiger partial charge in [0.1, 0.15) is 0 Å². The van der Waals surface area contributed by atoms with Gasteiger partial charge >= 0.3 is 173 Å². The maximum absolute atomic E-state index is 13.3. The molecule has 2 N–H and O–H groups in total. The van der Waals surface area contributed by atoms with Crippen LogP contribution in [-0.4, -0.2) is 64.1 Å². The molecule has 320 valence electrons. The summed E-state index contributed by atoms with van der Waals surface area (Å²) in [6.45, 7) is 0. The van der Waals surface area contributed by atoms with Crippen molar-refractivity contribution in [3.63, 3.8) is 0 Å². The van der Waals surface area contributed by atoms with E-state index in [1.807, 2.05) is 0 Å². The molecule has 4 aromatic rings. The fraction of sp³-hybridized carbons (Fsp3) is 0.125. The number of fused-ring (bicyclic) bond motifs is 1. The van der Waals surface area contributed by atoms with E-state index < -0.39 is 89.2 Å². The Morgan fingerprint density at radius 2 is 0.625 bits per heavy atom. The van der Waals surface area contributed by atoms with Crippen molar-refractivity contribution >= 4 is 89.1 Å². The van der Waals surface area contributed by atoms with Crippen molar-refractivity contribution in [1.29, 1.82) is 0 Å². The molecule has 0 spiro atoms. The summed E-state index contributed by atoms with van der Waals surface area (Å²) in [5, 5.41) is 5.43. The molecule has 4 atom stereocenters. The van der Waals surface area contributed by atoms with Gasteiger partial charge in [0.05, 0.1) is 22.3 Å². The average Bonchev–Trinajstić information content (AvgIpc) is 3.19. The molecule has 64 heavy (non-hydrogen) atoms. The van der Waals surface area contributed by atoms with E-state index >= 15 is 0 Å². The van der Waals surface area contributed by atoms with Crippen LogP contribution in [0.3, 0.4) is 0 Å². The summed E-state index contributed by atoms with van der Waals surface area (Å²) in [5.74, 6) is -8.11. The molecular formula is C32H26N2Na4O22P4. The number of benzene rings is 4. The predicted molar refractivity (Wildman–Crippen MR) is 193 cm³/mol. The van der Waals surface area contributed by atoms with E-state index in [-0.39, 0.29) is 141 Å².